The van der Waals surface area contributed by atoms with Crippen molar-refractivity contribution in [2.45, 2.75) is 38.1 Å². The van der Waals surface area contributed by atoms with Gasteiger partial charge in [-0.15, -0.1) is 0 Å². The molecule has 2 atom stereocenters. The molecular weight excluding hydrogens is 286 g/mol. The van der Waals surface area contributed by atoms with Crippen LogP contribution in [0.5, 0.6) is 0 Å². The Morgan fingerprint density at radius 1 is 0.870 bits per heavy atom. The first kappa shape index (κ1) is 14.4. The number of nitrogens with zero attached hydrogens (tertiary/aromatic N) is 3. The highest BCUT2D eigenvalue weighted by Crippen LogP contribution is 2.71. The average Bonchev–Trinajstić information content (AvgIpc) is 3.03. The van der Waals surface area contributed by atoms with Crippen molar-refractivity contribution in [1.29, 1.82) is 0 Å². The van der Waals surface area contributed by atoms with Crippen LogP contribution in [0.15, 0.2) is 54.0 Å². The van der Waals surface area contributed by atoms with Gasteiger partial charge >= 0.3 is 0 Å². The topological polar surface area (TPSA) is 47.4 Å². The van der Waals surface area contributed by atoms with E-state index in [1.54, 1.807) is 0 Å². The third-order valence-corrected chi connectivity index (χ3v) is 5.07. The lowest BCUT2D eigenvalue weighted by atomic mass is 10.00. The molecule has 1 fully saturated rings. The van der Waals surface area contributed by atoms with Crippen LogP contribution in [0.3, 0.4) is 0 Å². The molecule has 4 heteroatoms. The van der Waals surface area contributed by atoms with Crippen LogP contribution in [-0.4, -0.2) is 28.0 Å². The smallest absolute Gasteiger partial charge is 0.191 e. The van der Waals surface area contributed by atoms with E-state index < -0.39 is 0 Å². The molecule has 23 heavy (non-hydrogen) atoms. The van der Waals surface area contributed by atoms with Crippen LogP contribution in [0.25, 0.3) is 0 Å². The highest BCUT2D eigenvalue weighted by molar-refractivity contribution is 5.91. The third-order valence-electron chi connectivity index (χ3n) is 5.07. The van der Waals surface area contributed by atoms with Gasteiger partial charge in [-0.3, -0.25) is 9.97 Å². The maximum absolute atomic E-state index is 6.02. The van der Waals surface area contributed by atoms with Crippen molar-refractivity contribution >= 4 is 5.90 Å². The fraction of sp³-hybridized carbons (Fsp3) is 0.421. The lowest BCUT2D eigenvalue weighted by Crippen LogP contribution is -2.17. The number of rotatable bonds is 3. The lowest BCUT2D eigenvalue weighted by molar-refractivity contribution is 0.263. The van der Waals surface area contributed by atoms with E-state index in [9.17, 15) is 0 Å². The predicted molar refractivity (Wildman–Crippen MR) is 89.5 cm³/mol. The van der Waals surface area contributed by atoms with E-state index in [1.165, 1.54) is 11.1 Å². The van der Waals surface area contributed by atoms with Gasteiger partial charge in [-0.1, -0.05) is 0 Å². The Kier molecular flexibility index (Phi) is 3.05. The third kappa shape index (κ3) is 2.24. The van der Waals surface area contributed by atoms with E-state index in [1.807, 2.05) is 24.8 Å². The molecule has 0 saturated heterocycles. The number of aromatic nitrogens is 2. The van der Waals surface area contributed by atoms with Crippen molar-refractivity contribution in [1.82, 2.24) is 9.97 Å². The van der Waals surface area contributed by atoms with Crippen molar-refractivity contribution in [2.24, 2.45) is 10.4 Å². The van der Waals surface area contributed by atoms with Gasteiger partial charge in [0, 0.05) is 36.6 Å². The molecule has 2 aromatic rings. The van der Waals surface area contributed by atoms with E-state index in [2.05, 4.69) is 55.0 Å². The summed E-state index contributed by atoms with van der Waals surface area (Å²) in [5, 5.41) is 0. The Hall–Kier alpha value is -2.23. The molecule has 3 heterocycles. The van der Waals surface area contributed by atoms with E-state index >= 15 is 0 Å². The van der Waals surface area contributed by atoms with Gasteiger partial charge in [-0.25, -0.2) is 4.99 Å². The molecule has 1 aliphatic heterocycles. The molecule has 1 aliphatic carbocycles. The van der Waals surface area contributed by atoms with E-state index in [0.717, 1.165) is 5.90 Å². The van der Waals surface area contributed by atoms with Crippen LogP contribution in [0.4, 0.5) is 0 Å². The van der Waals surface area contributed by atoms with Crippen molar-refractivity contribution < 1.29 is 4.74 Å². The summed E-state index contributed by atoms with van der Waals surface area (Å²) in [5.41, 5.74) is 2.35. The molecule has 4 rings (SSSR count). The Labute approximate surface area is 136 Å². The molecule has 0 spiro atoms. The SMILES string of the molecule is CC1(C)COC(C2(C)[C@H](c3ccncc3)[C@H]2c2ccncc2)=N1. The molecule has 0 bridgehead atoms. The van der Waals surface area contributed by atoms with Crippen molar-refractivity contribution in [2.75, 3.05) is 6.61 Å². The summed E-state index contributed by atoms with van der Waals surface area (Å²) in [6.45, 7) is 7.16. The monoisotopic (exact) mass is 307 g/mol. The molecule has 0 aromatic carbocycles. The zero-order valence-corrected chi connectivity index (χ0v) is 13.7. The summed E-state index contributed by atoms with van der Waals surface area (Å²) in [7, 11) is 0. The molecule has 2 aromatic heterocycles. The maximum Gasteiger partial charge on any atom is 0.191 e. The first-order valence-corrected chi connectivity index (χ1v) is 8.05. The van der Waals surface area contributed by atoms with Gasteiger partial charge in [-0.05, 0) is 56.2 Å². The van der Waals surface area contributed by atoms with Crippen molar-refractivity contribution in [3.05, 3.63) is 60.2 Å². The first-order chi connectivity index (χ1) is 11.0. The number of hydrogen-bond acceptors (Lipinski definition) is 4. The minimum absolute atomic E-state index is 0.101. The molecule has 0 radical (unpaired) electrons. The molecule has 0 unspecified atom stereocenters. The minimum atomic E-state index is -0.132. The van der Waals surface area contributed by atoms with Crippen LogP contribution in [-0.2, 0) is 4.74 Å². The second-order valence-electron chi connectivity index (χ2n) is 7.32. The summed E-state index contributed by atoms with van der Waals surface area (Å²) >= 11 is 0. The highest BCUT2D eigenvalue weighted by atomic mass is 16.5. The summed E-state index contributed by atoms with van der Waals surface area (Å²) in [5.74, 6) is 1.62. The zero-order valence-electron chi connectivity index (χ0n) is 13.7. The lowest BCUT2D eigenvalue weighted by Gasteiger charge is -2.12. The second-order valence-corrected chi connectivity index (χ2v) is 7.32. The fourth-order valence-electron chi connectivity index (χ4n) is 3.86. The Balaban J connectivity index is 1.77. The van der Waals surface area contributed by atoms with Gasteiger partial charge in [0.25, 0.3) is 0 Å². The Bertz CT molecular complexity index is 694. The van der Waals surface area contributed by atoms with Crippen LogP contribution in [0.2, 0.25) is 0 Å². The largest absolute Gasteiger partial charge is 0.478 e. The fourth-order valence-corrected chi connectivity index (χ4v) is 3.86. The van der Waals surface area contributed by atoms with Gasteiger partial charge in [0.2, 0.25) is 0 Å². The first-order valence-electron chi connectivity index (χ1n) is 8.05. The summed E-state index contributed by atoms with van der Waals surface area (Å²) < 4.78 is 6.02. The van der Waals surface area contributed by atoms with E-state index in [0.29, 0.717) is 18.4 Å². The minimum Gasteiger partial charge on any atom is -0.478 e. The molecule has 4 nitrogen and oxygen atoms in total. The van der Waals surface area contributed by atoms with E-state index in [-0.39, 0.29) is 11.0 Å². The quantitative estimate of drug-likeness (QED) is 0.871. The molecular formula is C19H21N3O. The molecule has 2 aliphatic rings. The summed E-state index contributed by atoms with van der Waals surface area (Å²) in [6.07, 6.45) is 7.44. The number of pyridine rings is 2. The van der Waals surface area contributed by atoms with Gasteiger partial charge in [0.05, 0.1) is 11.0 Å². The summed E-state index contributed by atoms with van der Waals surface area (Å²) in [6, 6.07) is 8.41. The van der Waals surface area contributed by atoms with Crippen molar-refractivity contribution in [3.8, 4) is 0 Å². The Morgan fingerprint density at radius 3 is 1.74 bits per heavy atom. The van der Waals surface area contributed by atoms with Gasteiger partial charge in [-0.2, -0.15) is 0 Å². The highest BCUT2D eigenvalue weighted by Gasteiger charge is 2.67. The van der Waals surface area contributed by atoms with Crippen LogP contribution >= 0.6 is 0 Å². The number of hydrogen-bond donors (Lipinski definition) is 0. The van der Waals surface area contributed by atoms with Crippen molar-refractivity contribution in [3.63, 3.8) is 0 Å². The standard InChI is InChI=1S/C19H21N3O/c1-18(2)12-23-17(22-18)19(3)15(13-4-8-20-9-5-13)16(19)14-6-10-21-11-7-14/h4-11,15-16H,12H2,1-3H3/t15-,16-/m1/s1. The number of ether oxygens (including phenoxy) is 1. The predicted octanol–water partition coefficient (Wildman–Crippen LogP) is 3.57. The molecule has 0 amide bonds. The zero-order chi connectivity index (χ0) is 16.1. The Morgan fingerprint density at radius 2 is 1.35 bits per heavy atom. The molecule has 1 saturated carbocycles. The maximum atomic E-state index is 6.02. The average molecular weight is 307 g/mol. The van der Waals surface area contributed by atoms with E-state index in [4.69, 9.17) is 9.73 Å². The van der Waals surface area contributed by atoms with Crippen LogP contribution < -0.4 is 0 Å². The van der Waals surface area contributed by atoms with Gasteiger partial charge < -0.3 is 4.74 Å². The second kappa shape index (κ2) is 4.88. The number of aliphatic imine (C=N–C) groups is 1. The van der Waals surface area contributed by atoms with Crippen LogP contribution in [0, 0.1) is 5.41 Å². The van der Waals surface area contributed by atoms with Crippen LogP contribution in [0.1, 0.15) is 43.7 Å². The van der Waals surface area contributed by atoms with Gasteiger partial charge in [0.15, 0.2) is 5.90 Å². The molecule has 118 valence electrons. The summed E-state index contributed by atoms with van der Waals surface area (Å²) in [4.78, 5) is 13.2. The normalized spacial score (nSPS) is 31.3. The van der Waals surface area contributed by atoms with Gasteiger partial charge in [0.1, 0.15) is 6.61 Å². The molecule has 0 N–H and O–H groups in total.